The Morgan fingerprint density at radius 3 is 2.81 bits per heavy atom. The lowest BCUT2D eigenvalue weighted by molar-refractivity contribution is -0.162. The maximum absolute atomic E-state index is 11.2. The van der Waals surface area contributed by atoms with Crippen molar-refractivity contribution in [3.05, 3.63) is 52.6 Å². The molecular formula is C29H36N4O3. The summed E-state index contributed by atoms with van der Waals surface area (Å²) in [6.45, 7) is 4.64. The molecule has 0 amide bonds. The standard InChI is InChI=1S/C29H36N4O3/c1-15-13-27(2)17(16-5-7-20-21(11-16)32-26(30)31-20)6-8-23(27)29-10-9-28(36-29)14-22(33(3)4)25(35)24(34)19(28)12-18(15)29/h5-7,11-12,22-25,34-35H,8-10,13-14H2,1-4H3,(H3,30,31,32)/t22-,23?,24+,25+,27+,28+,29+/m0/s1. The van der Waals surface area contributed by atoms with Gasteiger partial charge in [0, 0.05) is 17.4 Å². The van der Waals surface area contributed by atoms with Crippen LogP contribution in [0.5, 0.6) is 0 Å². The Balaban J connectivity index is 1.33. The molecule has 2 aromatic rings. The summed E-state index contributed by atoms with van der Waals surface area (Å²) in [5, 5.41) is 22.2. The number of hydrogen-bond donors (Lipinski definition) is 4. The molecule has 2 spiro atoms. The van der Waals surface area contributed by atoms with Gasteiger partial charge in [0.05, 0.1) is 28.3 Å². The molecule has 1 saturated carbocycles. The number of benzene rings is 1. The van der Waals surface area contributed by atoms with Crippen molar-refractivity contribution < 1.29 is 14.9 Å². The Kier molecular flexibility index (Phi) is 4.48. The molecule has 2 fully saturated rings. The van der Waals surface area contributed by atoms with E-state index in [1.165, 1.54) is 22.3 Å². The van der Waals surface area contributed by atoms with Gasteiger partial charge in [-0.3, -0.25) is 0 Å². The largest absolute Gasteiger partial charge is 0.388 e. The quantitative estimate of drug-likeness (QED) is 0.515. The number of nitrogens with one attached hydrogen (secondary N) is 1. The molecule has 3 heterocycles. The van der Waals surface area contributed by atoms with E-state index in [-0.39, 0.29) is 17.1 Å². The number of aliphatic hydroxyl groups is 2. The Hall–Kier alpha value is -2.45. The number of aromatic nitrogens is 2. The van der Waals surface area contributed by atoms with Crippen LogP contribution in [0.1, 0.15) is 51.5 Å². The highest BCUT2D eigenvalue weighted by molar-refractivity contribution is 5.84. The highest BCUT2D eigenvalue weighted by atomic mass is 16.5. The van der Waals surface area contributed by atoms with Crippen LogP contribution in [0.4, 0.5) is 5.95 Å². The molecule has 5 N–H and O–H groups in total. The molecule has 3 aliphatic carbocycles. The summed E-state index contributed by atoms with van der Waals surface area (Å²) < 4.78 is 7.30. The number of fused-ring (bicyclic) bond motifs is 2. The monoisotopic (exact) mass is 488 g/mol. The molecule has 5 aliphatic rings. The van der Waals surface area contributed by atoms with Crippen molar-refractivity contribution in [2.45, 2.75) is 75.4 Å². The second kappa shape index (κ2) is 7.10. The fourth-order valence-electron chi connectivity index (χ4n) is 8.64. The number of ether oxygens (including phenoxy) is 1. The van der Waals surface area contributed by atoms with Gasteiger partial charge in [-0.15, -0.1) is 0 Å². The van der Waals surface area contributed by atoms with Crippen LogP contribution in [0.2, 0.25) is 0 Å². The van der Waals surface area contributed by atoms with Crippen LogP contribution in [0, 0.1) is 11.3 Å². The third-order valence-electron chi connectivity index (χ3n) is 10.2. The van der Waals surface area contributed by atoms with Gasteiger partial charge in [-0.1, -0.05) is 30.7 Å². The number of H-pyrrole nitrogens is 1. The first-order chi connectivity index (χ1) is 17.1. The van der Waals surface area contributed by atoms with Gasteiger partial charge in [0.2, 0.25) is 0 Å². The fraction of sp³-hybridized carbons (Fsp3) is 0.552. The number of hydrogen-bond acceptors (Lipinski definition) is 6. The SMILES string of the molecule is CC1=C2C=C3[C@@H](O)[C@H](O)[C@@H](N(C)C)C[C@]34CC[C@]2(O4)C2CC=C(c3ccc4[nH]c(N)nc4c3)[C@@]2(C)C1. The normalized spacial score (nSPS) is 41.3. The summed E-state index contributed by atoms with van der Waals surface area (Å²) in [6.07, 6.45) is 7.37. The molecule has 7 heteroatoms. The first-order valence-electron chi connectivity index (χ1n) is 13.2. The summed E-state index contributed by atoms with van der Waals surface area (Å²) in [5.41, 5.74) is 12.8. The third kappa shape index (κ3) is 2.69. The lowest BCUT2D eigenvalue weighted by Gasteiger charge is -2.56. The smallest absolute Gasteiger partial charge is 0.198 e. The highest BCUT2D eigenvalue weighted by Gasteiger charge is 2.68. The zero-order valence-corrected chi connectivity index (χ0v) is 21.5. The summed E-state index contributed by atoms with van der Waals surface area (Å²) >= 11 is 0. The molecule has 190 valence electrons. The van der Waals surface area contributed by atoms with E-state index in [1.807, 2.05) is 19.0 Å². The number of likely N-dealkylation sites (N-methyl/N-ethyl adjacent to an activating group) is 1. The number of nitrogen functional groups attached to an aromatic ring is 1. The Bertz CT molecular complexity index is 1390. The summed E-state index contributed by atoms with van der Waals surface area (Å²) in [7, 11) is 3.95. The van der Waals surface area contributed by atoms with Crippen molar-refractivity contribution >= 4 is 22.6 Å². The number of imidazole rings is 1. The van der Waals surface area contributed by atoms with Crippen molar-refractivity contribution in [2.24, 2.45) is 11.3 Å². The van der Waals surface area contributed by atoms with E-state index in [0.29, 0.717) is 18.3 Å². The number of rotatable bonds is 2. The predicted octanol–water partition coefficient (Wildman–Crippen LogP) is 3.56. The van der Waals surface area contributed by atoms with E-state index < -0.39 is 17.8 Å². The average Bonchev–Trinajstić information content (AvgIpc) is 3.46. The molecular weight excluding hydrogens is 452 g/mol. The number of allylic oxidation sites excluding steroid dienone is 3. The molecule has 1 aromatic heterocycles. The van der Waals surface area contributed by atoms with E-state index in [2.05, 4.69) is 54.2 Å². The summed E-state index contributed by atoms with van der Waals surface area (Å²) in [5.74, 6) is 0.759. The van der Waals surface area contributed by atoms with Gasteiger partial charge in [0.1, 0.15) is 6.10 Å². The van der Waals surface area contributed by atoms with E-state index in [4.69, 9.17) is 10.5 Å². The first kappa shape index (κ1) is 22.7. The van der Waals surface area contributed by atoms with Gasteiger partial charge in [0.15, 0.2) is 5.95 Å². The minimum atomic E-state index is -0.902. The Morgan fingerprint density at radius 1 is 1.22 bits per heavy atom. The van der Waals surface area contributed by atoms with Crippen molar-refractivity contribution in [3.8, 4) is 0 Å². The minimum absolute atomic E-state index is 0.0618. The lowest BCUT2D eigenvalue weighted by Crippen LogP contribution is -2.62. The predicted molar refractivity (Wildman–Crippen MR) is 140 cm³/mol. The second-order valence-corrected chi connectivity index (χ2v) is 12.3. The number of nitrogens with two attached hydrogens (primary N) is 1. The topological polar surface area (TPSA) is 108 Å². The zero-order valence-electron chi connectivity index (χ0n) is 21.5. The van der Waals surface area contributed by atoms with E-state index >= 15 is 0 Å². The van der Waals surface area contributed by atoms with Crippen molar-refractivity contribution in [2.75, 3.05) is 19.8 Å². The molecule has 1 saturated heterocycles. The van der Waals surface area contributed by atoms with Gasteiger partial charge >= 0.3 is 0 Å². The minimum Gasteiger partial charge on any atom is -0.388 e. The van der Waals surface area contributed by atoms with E-state index in [1.54, 1.807) is 0 Å². The first-order valence-corrected chi connectivity index (χ1v) is 13.2. The number of anilines is 1. The molecule has 7 atom stereocenters. The van der Waals surface area contributed by atoms with Crippen LogP contribution in [0.15, 0.2) is 47.1 Å². The van der Waals surface area contributed by atoms with E-state index in [9.17, 15) is 10.2 Å². The van der Waals surface area contributed by atoms with Gasteiger partial charge in [-0.05, 0) is 87.5 Å². The fourth-order valence-corrected chi connectivity index (χ4v) is 8.64. The van der Waals surface area contributed by atoms with Gasteiger partial charge in [-0.2, -0.15) is 0 Å². The molecule has 1 unspecified atom stereocenters. The van der Waals surface area contributed by atoms with Crippen LogP contribution in [-0.4, -0.2) is 68.6 Å². The highest BCUT2D eigenvalue weighted by Crippen LogP contribution is 2.69. The maximum Gasteiger partial charge on any atom is 0.198 e. The maximum atomic E-state index is 11.2. The molecule has 36 heavy (non-hydrogen) atoms. The van der Waals surface area contributed by atoms with Gasteiger partial charge in [0.25, 0.3) is 0 Å². The van der Waals surface area contributed by atoms with Crippen LogP contribution in [-0.2, 0) is 4.74 Å². The zero-order chi connectivity index (χ0) is 25.2. The van der Waals surface area contributed by atoms with Crippen LogP contribution in [0.3, 0.4) is 0 Å². The van der Waals surface area contributed by atoms with Crippen LogP contribution in [0.25, 0.3) is 16.6 Å². The van der Waals surface area contributed by atoms with Crippen molar-refractivity contribution in [3.63, 3.8) is 0 Å². The number of aliphatic hydroxyl groups excluding tert-OH is 2. The third-order valence-corrected chi connectivity index (χ3v) is 10.2. The Morgan fingerprint density at radius 2 is 2.03 bits per heavy atom. The van der Waals surface area contributed by atoms with Crippen LogP contribution >= 0.6 is 0 Å². The van der Waals surface area contributed by atoms with Gasteiger partial charge in [-0.25, -0.2) is 4.98 Å². The second-order valence-electron chi connectivity index (χ2n) is 12.3. The van der Waals surface area contributed by atoms with Crippen molar-refractivity contribution in [1.29, 1.82) is 0 Å². The van der Waals surface area contributed by atoms with E-state index in [0.717, 1.165) is 42.3 Å². The molecule has 2 aliphatic heterocycles. The number of nitrogens with zero attached hydrogens (tertiary/aromatic N) is 2. The average molecular weight is 489 g/mol. The van der Waals surface area contributed by atoms with Crippen LogP contribution < -0.4 is 5.73 Å². The molecule has 0 radical (unpaired) electrons. The number of aromatic amines is 1. The summed E-state index contributed by atoms with van der Waals surface area (Å²) in [4.78, 5) is 9.63. The Labute approximate surface area is 211 Å². The molecule has 1 aromatic carbocycles. The van der Waals surface area contributed by atoms with Gasteiger partial charge < -0.3 is 30.6 Å². The molecule has 7 nitrogen and oxygen atoms in total. The molecule has 2 bridgehead atoms. The lowest BCUT2D eigenvalue weighted by atomic mass is 9.56. The summed E-state index contributed by atoms with van der Waals surface area (Å²) in [6, 6.07) is 6.28. The van der Waals surface area contributed by atoms with Crippen molar-refractivity contribution in [1.82, 2.24) is 14.9 Å². The molecule has 7 rings (SSSR count).